The molecular formula is C24H24FN3O5S. The second-order valence-corrected chi connectivity index (χ2v) is 7.38. The van der Waals surface area contributed by atoms with Crippen LogP contribution >= 0.6 is 12.2 Å². The van der Waals surface area contributed by atoms with E-state index in [1.165, 1.54) is 51.7 Å². The van der Waals surface area contributed by atoms with Crippen LogP contribution in [-0.4, -0.2) is 37.5 Å². The molecule has 8 nitrogen and oxygen atoms in total. The third-order valence-electron chi connectivity index (χ3n) is 4.79. The summed E-state index contributed by atoms with van der Waals surface area (Å²) in [6.45, 7) is 0. The van der Waals surface area contributed by atoms with Crippen molar-refractivity contribution < 1.29 is 28.5 Å². The molecule has 1 atom stereocenters. The van der Waals surface area contributed by atoms with E-state index in [0.29, 0.717) is 28.5 Å². The van der Waals surface area contributed by atoms with E-state index in [9.17, 15) is 14.3 Å². The van der Waals surface area contributed by atoms with Gasteiger partial charge in [-0.15, -0.1) is 0 Å². The molecule has 178 valence electrons. The standard InChI is InChI=1S/C24H24FN3O5S/c1-31-19-11-15(12-20(32-2)21(19)33-3)23(30)28-24(34)27-18-13-16(9-10-17(18)25)26-22(29)14-7-5-4-6-8-14/h4-13,22,26,29H,1-3H3,(H2,27,28,30,34). The molecular weight excluding hydrogens is 461 g/mol. The topological polar surface area (TPSA) is 101 Å². The molecule has 10 heteroatoms. The molecule has 4 N–H and O–H groups in total. The Morgan fingerprint density at radius 2 is 1.62 bits per heavy atom. The molecule has 0 heterocycles. The Kier molecular flexibility index (Phi) is 8.23. The van der Waals surface area contributed by atoms with E-state index in [1.807, 2.05) is 6.07 Å². The lowest BCUT2D eigenvalue weighted by molar-refractivity contribution is 0.0977. The highest BCUT2D eigenvalue weighted by Gasteiger charge is 2.18. The van der Waals surface area contributed by atoms with Gasteiger partial charge in [0.1, 0.15) is 5.82 Å². The first-order valence-electron chi connectivity index (χ1n) is 10.1. The maximum atomic E-state index is 14.4. The van der Waals surface area contributed by atoms with E-state index >= 15 is 0 Å². The second kappa shape index (κ2) is 11.3. The fourth-order valence-corrected chi connectivity index (χ4v) is 3.33. The number of hydrogen-bond donors (Lipinski definition) is 4. The average Bonchev–Trinajstić information content (AvgIpc) is 2.85. The third-order valence-corrected chi connectivity index (χ3v) is 4.99. The Labute approximate surface area is 201 Å². The number of aliphatic hydroxyl groups excluding tert-OH is 1. The van der Waals surface area contributed by atoms with Gasteiger partial charge in [0.15, 0.2) is 22.8 Å². The fraction of sp³-hybridized carbons (Fsp3) is 0.167. The van der Waals surface area contributed by atoms with E-state index in [0.717, 1.165) is 0 Å². The predicted molar refractivity (Wildman–Crippen MR) is 131 cm³/mol. The number of benzene rings is 3. The molecule has 1 unspecified atom stereocenters. The molecule has 0 spiro atoms. The Balaban J connectivity index is 1.71. The highest BCUT2D eigenvalue weighted by Crippen LogP contribution is 2.38. The van der Waals surface area contributed by atoms with Crippen molar-refractivity contribution in [1.82, 2.24) is 5.32 Å². The number of carbonyl (C=O) groups excluding carboxylic acids is 1. The quantitative estimate of drug-likeness (QED) is 0.280. The molecule has 0 bridgehead atoms. The summed E-state index contributed by atoms with van der Waals surface area (Å²) in [7, 11) is 4.32. The summed E-state index contributed by atoms with van der Waals surface area (Å²) in [6.07, 6.45) is -0.994. The van der Waals surface area contributed by atoms with Crippen molar-refractivity contribution in [2.75, 3.05) is 32.0 Å². The minimum Gasteiger partial charge on any atom is -0.493 e. The highest BCUT2D eigenvalue weighted by atomic mass is 32.1. The van der Waals surface area contributed by atoms with Crippen molar-refractivity contribution in [3.05, 3.63) is 77.6 Å². The maximum Gasteiger partial charge on any atom is 0.257 e. The SMILES string of the molecule is COc1cc(C(=O)NC(=S)Nc2cc(NC(O)c3ccccc3)ccc2F)cc(OC)c1OC. The summed E-state index contributed by atoms with van der Waals surface area (Å²) in [5, 5.41) is 18.3. The lowest BCUT2D eigenvalue weighted by Gasteiger charge is -2.17. The van der Waals surface area contributed by atoms with E-state index in [-0.39, 0.29) is 16.4 Å². The van der Waals surface area contributed by atoms with Crippen molar-refractivity contribution in [2.45, 2.75) is 6.23 Å². The number of nitrogens with one attached hydrogen (secondary N) is 3. The van der Waals surface area contributed by atoms with Gasteiger partial charge in [-0.3, -0.25) is 10.1 Å². The molecule has 0 aliphatic carbocycles. The summed E-state index contributed by atoms with van der Waals surface area (Å²) in [5.74, 6) is -0.221. The first-order valence-corrected chi connectivity index (χ1v) is 10.5. The largest absolute Gasteiger partial charge is 0.493 e. The summed E-state index contributed by atoms with van der Waals surface area (Å²) in [5.41, 5.74) is 1.30. The van der Waals surface area contributed by atoms with Gasteiger partial charge in [-0.2, -0.15) is 0 Å². The molecule has 0 aromatic heterocycles. The zero-order chi connectivity index (χ0) is 24.7. The molecule has 3 aromatic rings. The molecule has 0 saturated heterocycles. The predicted octanol–water partition coefficient (Wildman–Crippen LogP) is 4.08. The number of thiocarbonyl (C=S) groups is 1. The van der Waals surface area contributed by atoms with Crippen LogP contribution in [0.5, 0.6) is 17.2 Å². The smallest absolute Gasteiger partial charge is 0.257 e. The van der Waals surface area contributed by atoms with Crippen LogP contribution in [-0.2, 0) is 0 Å². The average molecular weight is 486 g/mol. The van der Waals surface area contributed by atoms with Gasteiger partial charge in [0.25, 0.3) is 5.91 Å². The monoisotopic (exact) mass is 485 g/mol. The molecule has 0 fully saturated rings. The van der Waals surface area contributed by atoms with Crippen LogP contribution in [0.1, 0.15) is 22.1 Å². The fourth-order valence-electron chi connectivity index (χ4n) is 3.13. The van der Waals surface area contributed by atoms with Crippen LogP contribution in [0.4, 0.5) is 15.8 Å². The molecule has 0 saturated carbocycles. The van der Waals surface area contributed by atoms with Gasteiger partial charge in [-0.25, -0.2) is 4.39 Å². The number of halogens is 1. The first kappa shape index (κ1) is 24.7. The van der Waals surface area contributed by atoms with E-state index in [1.54, 1.807) is 24.3 Å². The molecule has 0 aliphatic heterocycles. The minimum absolute atomic E-state index is 0.0143. The van der Waals surface area contributed by atoms with Gasteiger partial charge in [-0.1, -0.05) is 30.3 Å². The van der Waals surface area contributed by atoms with E-state index < -0.39 is 18.0 Å². The van der Waals surface area contributed by atoms with Gasteiger partial charge in [0.2, 0.25) is 5.75 Å². The lowest BCUT2D eigenvalue weighted by Crippen LogP contribution is -2.34. The van der Waals surface area contributed by atoms with Crippen LogP contribution in [0.15, 0.2) is 60.7 Å². The number of hydrogen-bond acceptors (Lipinski definition) is 7. The number of rotatable bonds is 8. The maximum absolute atomic E-state index is 14.4. The molecule has 0 aliphatic rings. The number of anilines is 2. The Morgan fingerprint density at radius 1 is 0.971 bits per heavy atom. The summed E-state index contributed by atoms with van der Waals surface area (Å²) < 4.78 is 30.1. The molecule has 34 heavy (non-hydrogen) atoms. The van der Waals surface area contributed by atoms with Gasteiger partial charge < -0.3 is 30.0 Å². The van der Waals surface area contributed by atoms with Crippen LogP contribution in [0, 0.1) is 5.82 Å². The number of aliphatic hydroxyl groups is 1. The normalized spacial score (nSPS) is 11.2. The van der Waals surface area contributed by atoms with Crippen LogP contribution in [0.3, 0.4) is 0 Å². The van der Waals surface area contributed by atoms with Crippen molar-refractivity contribution in [1.29, 1.82) is 0 Å². The Morgan fingerprint density at radius 3 is 2.21 bits per heavy atom. The third kappa shape index (κ3) is 5.91. The Bertz CT molecular complexity index is 1150. The van der Waals surface area contributed by atoms with Crippen LogP contribution in [0.2, 0.25) is 0 Å². The highest BCUT2D eigenvalue weighted by molar-refractivity contribution is 7.80. The number of carbonyl (C=O) groups is 1. The van der Waals surface area contributed by atoms with Gasteiger partial charge >= 0.3 is 0 Å². The molecule has 3 aromatic carbocycles. The number of methoxy groups -OCH3 is 3. The van der Waals surface area contributed by atoms with Gasteiger partial charge in [0, 0.05) is 16.8 Å². The minimum atomic E-state index is -0.994. The van der Waals surface area contributed by atoms with Crippen LogP contribution in [0.25, 0.3) is 0 Å². The molecule has 0 radical (unpaired) electrons. The van der Waals surface area contributed by atoms with Crippen molar-refractivity contribution in [2.24, 2.45) is 0 Å². The number of ether oxygens (including phenoxy) is 3. The molecule has 1 amide bonds. The van der Waals surface area contributed by atoms with E-state index in [2.05, 4.69) is 16.0 Å². The zero-order valence-electron chi connectivity index (χ0n) is 18.7. The van der Waals surface area contributed by atoms with Crippen molar-refractivity contribution >= 4 is 34.6 Å². The number of amides is 1. The van der Waals surface area contributed by atoms with Crippen molar-refractivity contribution in [3.63, 3.8) is 0 Å². The summed E-state index contributed by atoms with van der Waals surface area (Å²) in [6, 6.07) is 16.0. The summed E-state index contributed by atoms with van der Waals surface area (Å²) in [4.78, 5) is 12.7. The van der Waals surface area contributed by atoms with E-state index in [4.69, 9.17) is 26.4 Å². The van der Waals surface area contributed by atoms with Gasteiger partial charge in [0.05, 0.1) is 27.0 Å². The zero-order valence-corrected chi connectivity index (χ0v) is 19.5. The van der Waals surface area contributed by atoms with Crippen molar-refractivity contribution in [3.8, 4) is 17.2 Å². The summed E-state index contributed by atoms with van der Waals surface area (Å²) >= 11 is 5.18. The van der Waals surface area contributed by atoms with Crippen LogP contribution < -0.4 is 30.2 Å². The molecule has 3 rings (SSSR count). The second-order valence-electron chi connectivity index (χ2n) is 6.97. The Hall–Kier alpha value is -3.89. The first-order chi connectivity index (χ1) is 16.4. The van der Waals surface area contributed by atoms with Gasteiger partial charge in [-0.05, 0) is 42.5 Å². The lowest BCUT2D eigenvalue weighted by atomic mass is 10.1.